The Morgan fingerprint density at radius 2 is 1.20 bits per heavy atom. The molecule has 0 bridgehead atoms. The summed E-state index contributed by atoms with van der Waals surface area (Å²) in [5.74, 6) is -3.33. The molecule has 0 amide bonds. The zero-order valence-electron chi connectivity index (χ0n) is 4.07. The number of allylic oxidation sites excluding steroid dienone is 1. The first-order valence-corrected chi connectivity index (χ1v) is 1.63. The predicted molar refractivity (Wildman–Crippen MR) is 16.4 cm³/mol. The van der Waals surface area contributed by atoms with Crippen molar-refractivity contribution in [3.8, 4) is 0 Å². The maximum absolute atomic E-state index is 11.0. The molecular weight excluding hydrogens is 214 g/mol. The Morgan fingerprint density at radius 3 is 1.20 bits per heavy atom. The minimum Gasteiger partial charge on any atom is -0.196 e. The van der Waals surface area contributed by atoms with E-state index < -0.39 is 18.1 Å². The second kappa shape index (κ2) is 3.88. The van der Waals surface area contributed by atoms with Gasteiger partial charge in [0.2, 0.25) is 0 Å². The first kappa shape index (κ1) is 12.5. The van der Waals surface area contributed by atoms with E-state index >= 15 is 0 Å². The topological polar surface area (TPSA) is 0 Å². The Kier molecular flexibility index (Phi) is 4.85. The van der Waals surface area contributed by atoms with Crippen LogP contribution in [0.15, 0.2) is 11.9 Å². The molecule has 0 aliphatic heterocycles. The summed E-state index contributed by atoms with van der Waals surface area (Å²) in [6.07, 6.45) is -8.90. The Hall–Kier alpha value is -0.161. The van der Waals surface area contributed by atoms with Gasteiger partial charge in [-0.15, -0.1) is 0 Å². The molecule has 0 aromatic heterocycles. The smallest absolute Gasteiger partial charge is 0.196 e. The molecule has 0 aliphatic rings. The van der Waals surface area contributed by atoms with E-state index in [1.165, 1.54) is 0 Å². The Balaban J connectivity index is 0. The van der Waals surface area contributed by atoms with E-state index in [9.17, 15) is 26.3 Å². The molecule has 0 heterocycles. The van der Waals surface area contributed by atoms with Gasteiger partial charge in [-0.05, 0) is 0 Å². The number of halogens is 6. The molecule has 0 aliphatic carbocycles. The van der Waals surface area contributed by atoms with E-state index in [1.54, 1.807) is 0 Å². The third-order valence-electron chi connectivity index (χ3n) is 0.415. The van der Waals surface area contributed by atoms with E-state index in [0.29, 0.717) is 0 Å². The zero-order valence-corrected chi connectivity index (χ0v) is 5.01. The van der Waals surface area contributed by atoms with Crippen molar-refractivity contribution in [3.63, 3.8) is 0 Å². The largest absolute Gasteiger partial charge is 0.448 e. The SMILES string of the molecule is FC(F)=C(F)C(F)(F)F.[Cu]. The average Bonchev–Trinajstić information content (AvgIpc) is 1.62. The fourth-order valence-corrected chi connectivity index (χ4v) is 0.107. The van der Waals surface area contributed by atoms with Gasteiger partial charge in [0.05, 0.1) is 0 Å². The average molecular weight is 214 g/mol. The number of hydrogen-bond acceptors (Lipinski definition) is 0. The van der Waals surface area contributed by atoms with Crippen molar-refractivity contribution < 1.29 is 43.4 Å². The van der Waals surface area contributed by atoms with Crippen molar-refractivity contribution in [1.82, 2.24) is 0 Å². The summed E-state index contributed by atoms with van der Waals surface area (Å²) < 4.78 is 64.8. The van der Waals surface area contributed by atoms with Crippen molar-refractivity contribution in [2.24, 2.45) is 0 Å². The maximum atomic E-state index is 11.0. The molecule has 0 spiro atoms. The number of alkyl halides is 3. The van der Waals surface area contributed by atoms with E-state index in [2.05, 4.69) is 0 Å². The van der Waals surface area contributed by atoms with Crippen molar-refractivity contribution in [3.05, 3.63) is 11.9 Å². The van der Waals surface area contributed by atoms with Crippen molar-refractivity contribution in [2.45, 2.75) is 6.18 Å². The molecule has 0 aromatic carbocycles. The molecule has 65 valence electrons. The summed E-state index contributed by atoms with van der Waals surface area (Å²) in [4.78, 5) is 0. The Morgan fingerprint density at radius 1 is 0.900 bits per heavy atom. The molecule has 10 heavy (non-hydrogen) atoms. The van der Waals surface area contributed by atoms with Crippen molar-refractivity contribution >= 4 is 0 Å². The summed E-state index contributed by atoms with van der Waals surface area (Å²) in [7, 11) is 0. The summed E-state index contributed by atoms with van der Waals surface area (Å²) in [6, 6.07) is 0. The Labute approximate surface area is 62.4 Å². The van der Waals surface area contributed by atoms with Gasteiger partial charge in [0, 0.05) is 17.1 Å². The molecule has 0 aromatic rings. The van der Waals surface area contributed by atoms with Crippen LogP contribution >= 0.6 is 0 Å². The first-order chi connectivity index (χ1) is 3.85. The third kappa shape index (κ3) is 3.79. The zero-order chi connectivity index (χ0) is 7.65. The molecule has 0 saturated heterocycles. The van der Waals surface area contributed by atoms with Crippen LogP contribution in [-0.2, 0) is 17.1 Å². The van der Waals surface area contributed by atoms with Crippen LogP contribution in [-0.4, -0.2) is 6.18 Å². The summed E-state index contributed by atoms with van der Waals surface area (Å²) >= 11 is 0. The Bertz CT molecular complexity index is 130. The normalized spacial score (nSPS) is 10.2. The van der Waals surface area contributed by atoms with Gasteiger partial charge in [-0.2, -0.15) is 26.3 Å². The third-order valence-corrected chi connectivity index (χ3v) is 0.415. The minimum absolute atomic E-state index is 0. The molecule has 1 radical (unpaired) electrons. The standard InChI is InChI=1S/C3F6.Cu/c4-1(2(5)6)3(7,8)9;. The second-order valence-electron chi connectivity index (χ2n) is 1.07. The molecule has 0 unspecified atom stereocenters. The van der Waals surface area contributed by atoms with E-state index in [1.807, 2.05) is 0 Å². The number of hydrogen-bond donors (Lipinski definition) is 0. The van der Waals surface area contributed by atoms with Crippen LogP contribution in [0.25, 0.3) is 0 Å². The molecule has 0 N–H and O–H groups in total. The van der Waals surface area contributed by atoms with E-state index in [4.69, 9.17) is 0 Å². The van der Waals surface area contributed by atoms with Crippen LogP contribution in [0.3, 0.4) is 0 Å². The van der Waals surface area contributed by atoms with Crippen LogP contribution in [0.5, 0.6) is 0 Å². The molecule has 0 atom stereocenters. The van der Waals surface area contributed by atoms with Gasteiger partial charge in [0.25, 0.3) is 5.83 Å². The van der Waals surface area contributed by atoms with Crippen LogP contribution in [0.1, 0.15) is 0 Å². The van der Waals surface area contributed by atoms with Gasteiger partial charge in [0.15, 0.2) is 0 Å². The molecule has 7 heteroatoms. The summed E-state index contributed by atoms with van der Waals surface area (Å²) in [5, 5.41) is 0. The summed E-state index contributed by atoms with van der Waals surface area (Å²) in [5.41, 5.74) is 0. The molecule has 0 rings (SSSR count). The summed E-state index contributed by atoms with van der Waals surface area (Å²) in [6.45, 7) is 0. The van der Waals surface area contributed by atoms with Crippen molar-refractivity contribution in [2.75, 3.05) is 0 Å². The van der Waals surface area contributed by atoms with E-state index in [0.717, 1.165) is 0 Å². The molecule has 0 fully saturated rings. The molecule has 0 nitrogen and oxygen atoms in total. The van der Waals surface area contributed by atoms with Gasteiger partial charge in [0.1, 0.15) is 0 Å². The number of rotatable bonds is 0. The van der Waals surface area contributed by atoms with Crippen LogP contribution in [0.4, 0.5) is 26.3 Å². The van der Waals surface area contributed by atoms with Gasteiger partial charge in [-0.1, -0.05) is 0 Å². The predicted octanol–water partition coefficient (Wildman–Crippen LogP) is 2.62. The molecule has 0 saturated carbocycles. The van der Waals surface area contributed by atoms with Gasteiger partial charge >= 0.3 is 12.3 Å². The van der Waals surface area contributed by atoms with Gasteiger partial charge < -0.3 is 0 Å². The monoisotopic (exact) mass is 213 g/mol. The quantitative estimate of drug-likeness (QED) is 0.429. The fraction of sp³-hybridized carbons (Fsp3) is 0.333. The van der Waals surface area contributed by atoms with Crippen molar-refractivity contribution in [1.29, 1.82) is 0 Å². The fourth-order valence-electron chi connectivity index (χ4n) is 0.107. The van der Waals surface area contributed by atoms with Gasteiger partial charge in [-0.25, -0.2) is 0 Å². The first-order valence-electron chi connectivity index (χ1n) is 1.63. The van der Waals surface area contributed by atoms with Crippen LogP contribution in [0.2, 0.25) is 0 Å². The second-order valence-corrected chi connectivity index (χ2v) is 1.07. The molecular formula is C3CuF6. The van der Waals surface area contributed by atoms with Crippen LogP contribution < -0.4 is 0 Å². The maximum Gasteiger partial charge on any atom is 0.448 e. The van der Waals surface area contributed by atoms with E-state index in [-0.39, 0.29) is 17.1 Å². The minimum atomic E-state index is -5.56. The van der Waals surface area contributed by atoms with Gasteiger partial charge in [-0.3, -0.25) is 0 Å². The van der Waals surface area contributed by atoms with Crippen LogP contribution in [0, 0.1) is 0 Å².